The molecule has 2 nitrogen and oxygen atoms in total. The Labute approximate surface area is 104 Å². The van der Waals surface area contributed by atoms with E-state index in [4.69, 9.17) is 6.42 Å². The van der Waals surface area contributed by atoms with E-state index in [-0.39, 0.29) is 17.6 Å². The molecule has 3 atom stereocenters. The molecule has 94 valence electrons. The van der Waals surface area contributed by atoms with Crippen LogP contribution in [0.4, 0.5) is 0 Å². The number of hydrogen-bond acceptors (Lipinski definition) is 2. The highest BCUT2D eigenvalue weighted by Gasteiger charge is 2.29. The highest BCUT2D eigenvalue weighted by molar-refractivity contribution is 5.82. The minimum Gasteiger partial charge on any atom is -0.389 e. The van der Waals surface area contributed by atoms with Crippen LogP contribution in [0.15, 0.2) is 12.2 Å². The van der Waals surface area contributed by atoms with E-state index in [1.807, 2.05) is 12.2 Å². The van der Waals surface area contributed by atoms with Crippen molar-refractivity contribution in [3.8, 4) is 12.3 Å². The molecule has 0 aliphatic heterocycles. The summed E-state index contributed by atoms with van der Waals surface area (Å²) >= 11 is 0. The van der Waals surface area contributed by atoms with Gasteiger partial charge in [-0.1, -0.05) is 38.3 Å². The summed E-state index contributed by atoms with van der Waals surface area (Å²) in [6, 6.07) is 0. The fourth-order valence-electron chi connectivity index (χ4n) is 2.24. The Bertz CT molecular complexity index is 311. The second kappa shape index (κ2) is 7.29. The molecule has 1 aliphatic rings. The number of carbonyl (C=O) groups excluding carboxylic acids is 1. The van der Waals surface area contributed by atoms with Crippen molar-refractivity contribution in [2.75, 3.05) is 0 Å². The third-order valence-corrected chi connectivity index (χ3v) is 3.33. The van der Waals surface area contributed by atoms with Gasteiger partial charge < -0.3 is 5.11 Å². The van der Waals surface area contributed by atoms with Gasteiger partial charge in [-0.25, -0.2) is 0 Å². The molecule has 1 rings (SSSR count). The molecule has 1 fully saturated rings. The topological polar surface area (TPSA) is 37.3 Å². The Hall–Kier alpha value is -1.07. The molecule has 0 radical (unpaired) electrons. The summed E-state index contributed by atoms with van der Waals surface area (Å²) in [7, 11) is 0. The average Bonchev–Trinajstić information content (AvgIpc) is 2.67. The molecule has 1 saturated carbocycles. The van der Waals surface area contributed by atoms with E-state index in [9.17, 15) is 9.90 Å². The Morgan fingerprint density at radius 2 is 2.29 bits per heavy atom. The lowest BCUT2D eigenvalue weighted by atomic mass is 9.95. The second-order valence-corrected chi connectivity index (χ2v) is 4.83. The summed E-state index contributed by atoms with van der Waals surface area (Å²) in [5, 5.41) is 9.74. The molecular formula is C15H22O2. The average molecular weight is 234 g/mol. The van der Waals surface area contributed by atoms with E-state index in [1.54, 1.807) is 0 Å². The van der Waals surface area contributed by atoms with Crippen LogP contribution < -0.4 is 0 Å². The van der Waals surface area contributed by atoms with Crippen molar-refractivity contribution in [1.82, 2.24) is 0 Å². The number of allylic oxidation sites excluding steroid dienone is 1. The molecule has 0 aromatic rings. The van der Waals surface area contributed by atoms with Gasteiger partial charge in [0.15, 0.2) is 0 Å². The van der Waals surface area contributed by atoms with Crippen molar-refractivity contribution in [2.45, 2.75) is 51.6 Å². The molecule has 0 bridgehead atoms. The first-order chi connectivity index (χ1) is 8.17. The van der Waals surface area contributed by atoms with Crippen molar-refractivity contribution in [1.29, 1.82) is 0 Å². The van der Waals surface area contributed by atoms with Crippen LogP contribution in [-0.4, -0.2) is 17.0 Å². The molecule has 0 aromatic heterocycles. The van der Waals surface area contributed by atoms with E-state index in [0.29, 0.717) is 12.8 Å². The monoisotopic (exact) mass is 234 g/mol. The maximum Gasteiger partial charge on any atom is 0.134 e. The van der Waals surface area contributed by atoms with Gasteiger partial charge in [0.05, 0.1) is 6.10 Å². The molecule has 0 saturated heterocycles. The summed E-state index contributed by atoms with van der Waals surface area (Å²) < 4.78 is 0. The van der Waals surface area contributed by atoms with Crippen LogP contribution in [0.5, 0.6) is 0 Å². The first kappa shape index (κ1) is 14.0. The Morgan fingerprint density at radius 1 is 1.53 bits per heavy atom. The third kappa shape index (κ3) is 4.75. The standard InChI is InChI=1S/C15H22O2/c1-3-5-6-7-14(16)9-8-13-11-15(17)10-12(13)4-2/h2,8-9,12-14,16H,3,5-7,10-11H2,1H3/t12-,13+,14+/m0/s1. The molecule has 0 spiro atoms. The summed E-state index contributed by atoms with van der Waals surface area (Å²) in [5.41, 5.74) is 0. The molecule has 2 heteroatoms. The fourth-order valence-corrected chi connectivity index (χ4v) is 2.24. The number of aliphatic hydroxyl groups excluding tert-OH is 1. The molecule has 0 heterocycles. The zero-order valence-corrected chi connectivity index (χ0v) is 10.6. The minimum atomic E-state index is -0.393. The molecule has 0 aromatic carbocycles. The van der Waals surface area contributed by atoms with Crippen LogP contribution >= 0.6 is 0 Å². The number of Topliss-reactive ketones (excluding diaryl/α,β-unsaturated/α-hetero) is 1. The Morgan fingerprint density at radius 3 is 2.94 bits per heavy atom. The molecule has 1 N–H and O–H groups in total. The Balaban J connectivity index is 2.37. The van der Waals surface area contributed by atoms with Gasteiger partial charge in [0.1, 0.15) is 5.78 Å². The second-order valence-electron chi connectivity index (χ2n) is 4.83. The van der Waals surface area contributed by atoms with Crippen LogP contribution in [0.25, 0.3) is 0 Å². The lowest BCUT2D eigenvalue weighted by Gasteiger charge is -2.09. The quantitative estimate of drug-likeness (QED) is 0.436. The first-order valence-electron chi connectivity index (χ1n) is 6.51. The number of ketones is 1. The van der Waals surface area contributed by atoms with Crippen LogP contribution in [0, 0.1) is 24.2 Å². The van der Waals surface area contributed by atoms with Crippen molar-refractivity contribution >= 4 is 5.78 Å². The summed E-state index contributed by atoms with van der Waals surface area (Å²) in [6.45, 7) is 2.14. The number of terminal acetylenes is 1. The van der Waals surface area contributed by atoms with Crippen molar-refractivity contribution in [3.05, 3.63) is 12.2 Å². The van der Waals surface area contributed by atoms with Gasteiger partial charge in [-0.15, -0.1) is 12.3 Å². The normalized spacial score (nSPS) is 26.3. The van der Waals surface area contributed by atoms with Crippen molar-refractivity contribution in [2.24, 2.45) is 11.8 Å². The Kier molecular flexibility index (Phi) is 6.00. The van der Waals surface area contributed by atoms with Gasteiger partial charge >= 0.3 is 0 Å². The zero-order chi connectivity index (χ0) is 12.7. The predicted octanol–water partition coefficient (Wildman–Crippen LogP) is 2.71. The van der Waals surface area contributed by atoms with Gasteiger partial charge in [-0.3, -0.25) is 4.79 Å². The molecule has 0 unspecified atom stereocenters. The summed E-state index contributed by atoms with van der Waals surface area (Å²) in [6.07, 6.45) is 13.9. The number of unbranched alkanes of at least 4 members (excludes halogenated alkanes) is 2. The largest absolute Gasteiger partial charge is 0.389 e. The summed E-state index contributed by atoms with van der Waals surface area (Å²) in [4.78, 5) is 11.3. The molecule has 17 heavy (non-hydrogen) atoms. The van der Waals surface area contributed by atoms with Gasteiger partial charge in [-0.2, -0.15) is 0 Å². The van der Waals surface area contributed by atoms with Gasteiger partial charge in [-0.05, 0) is 12.3 Å². The van der Waals surface area contributed by atoms with E-state index < -0.39 is 6.10 Å². The van der Waals surface area contributed by atoms with E-state index in [0.717, 1.165) is 25.7 Å². The van der Waals surface area contributed by atoms with Gasteiger partial charge in [0.25, 0.3) is 0 Å². The predicted molar refractivity (Wildman–Crippen MR) is 69.3 cm³/mol. The van der Waals surface area contributed by atoms with E-state index >= 15 is 0 Å². The lowest BCUT2D eigenvalue weighted by molar-refractivity contribution is -0.117. The summed E-state index contributed by atoms with van der Waals surface area (Å²) in [5.74, 6) is 3.07. The molecular weight excluding hydrogens is 212 g/mol. The maximum atomic E-state index is 11.3. The van der Waals surface area contributed by atoms with E-state index in [2.05, 4.69) is 12.8 Å². The number of carbonyl (C=O) groups is 1. The lowest BCUT2D eigenvalue weighted by Crippen LogP contribution is -2.06. The third-order valence-electron chi connectivity index (χ3n) is 3.33. The van der Waals surface area contributed by atoms with Crippen molar-refractivity contribution in [3.63, 3.8) is 0 Å². The van der Waals surface area contributed by atoms with Crippen LogP contribution in [0.3, 0.4) is 0 Å². The highest BCUT2D eigenvalue weighted by atomic mass is 16.3. The smallest absolute Gasteiger partial charge is 0.134 e. The molecule has 1 aliphatic carbocycles. The van der Waals surface area contributed by atoms with Gasteiger partial charge in [0.2, 0.25) is 0 Å². The van der Waals surface area contributed by atoms with Crippen LogP contribution in [0.1, 0.15) is 45.4 Å². The fraction of sp³-hybridized carbons (Fsp3) is 0.667. The van der Waals surface area contributed by atoms with Crippen LogP contribution in [0.2, 0.25) is 0 Å². The van der Waals surface area contributed by atoms with Crippen LogP contribution in [-0.2, 0) is 4.79 Å². The SMILES string of the molecule is C#C[C@H]1CC(=O)C[C@H]1C=C[C@H](O)CCCCC. The number of aliphatic hydroxyl groups is 1. The van der Waals surface area contributed by atoms with Gasteiger partial charge in [0, 0.05) is 18.8 Å². The zero-order valence-electron chi connectivity index (χ0n) is 10.6. The molecule has 0 amide bonds. The number of hydrogen-bond donors (Lipinski definition) is 1. The number of rotatable bonds is 6. The van der Waals surface area contributed by atoms with Crippen molar-refractivity contribution < 1.29 is 9.90 Å². The maximum absolute atomic E-state index is 11.3. The minimum absolute atomic E-state index is 0.0293. The first-order valence-corrected chi connectivity index (χ1v) is 6.51. The highest BCUT2D eigenvalue weighted by Crippen LogP contribution is 2.29. The van der Waals surface area contributed by atoms with E-state index in [1.165, 1.54) is 0 Å².